The van der Waals surface area contributed by atoms with Crippen molar-refractivity contribution in [3.8, 4) is 22.8 Å². The van der Waals surface area contributed by atoms with E-state index < -0.39 is 6.16 Å². The molecule has 164 valence electrons. The summed E-state index contributed by atoms with van der Waals surface area (Å²) in [5.41, 5.74) is 1.31. The second-order valence-corrected chi connectivity index (χ2v) is 7.52. The summed E-state index contributed by atoms with van der Waals surface area (Å²) < 4.78 is 21.6. The fourth-order valence-electron chi connectivity index (χ4n) is 3.86. The highest BCUT2D eigenvalue weighted by Gasteiger charge is 2.34. The normalized spacial score (nSPS) is 19.1. The molecule has 0 saturated carbocycles. The van der Waals surface area contributed by atoms with Gasteiger partial charge in [0.1, 0.15) is 23.5 Å². The smallest absolute Gasteiger partial charge is 0.486 e. The van der Waals surface area contributed by atoms with Gasteiger partial charge >= 0.3 is 6.16 Å². The first kappa shape index (κ1) is 21.0. The van der Waals surface area contributed by atoms with E-state index in [0.29, 0.717) is 37.2 Å². The maximum Gasteiger partial charge on any atom is 0.513 e. The molecule has 0 spiro atoms. The lowest BCUT2D eigenvalue weighted by Gasteiger charge is -2.26. The molecule has 8 nitrogen and oxygen atoms in total. The summed E-state index contributed by atoms with van der Waals surface area (Å²) in [6.07, 6.45) is 1.23. The van der Waals surface area contributed by atoms with Gasteiger partial charge in [-0.15, -0.1) is 0 Å². The van der Waals surface area contributed by atoms with E-state index in [-0.39, 0.29) is 11.8 Å². The second-order valence-electron chi connectivity index (χ2n) is 7.52. The van der Waals surface area contributed by atoms with E-state index in [4.69, 9.17) is 23.9 Å². The minimum Gasteiger partial charge on any atom is -0.486 e. The molecule has 0 amide bonds. The fraction of sp³-hybridized carbons (Fsp3) is 0.391. The van der Waals surface area contributed by atoms with Gasteiger partial charge in [-0.05, 0) is 13.8 Å². The number of nitrogens with zero attached hydrogens (tertiary/aromatic N) is 2. The molecule has 1 N–H and O–H groups in total. The molecule has 31 heavy (non-hydrogen) atoms. The third-order valence-electron chi connectivity index (χ3n) is 5.66. The van der Waals surface area contributed by atoms with Gasteiger partial charge in [-0.3, -0.25) is 0 Å². The maximum atomic E-state index is 12.1. The second kappa shape index (κ2) is 8.85. The average molecular weight is 425 g/mol. The highest BCUT2D eigenvalue weighted by atomic mass is 16.7. The Bertz CT molecular complexity index is 1090. The average Bonchev–Trinajstić information content (AvgIpc) is 3.09. The van der Waals surface area contributed by atoms with Gasteiger partial charge in [0.25, 0.3) is 0 Å². The highest BCUT2D eigenvalue weighted by molar-refractivity contribution is 5.76. The Morgan fingerprint density at radius 1 is 1.16 bits per heavy atom. The minimum absolute atomic E-state index is 0.234. The lowest BCUT2D eigenvalue weighted by molar-refractivity contribution is 0.116. The van der Waals surface area contributed by atoms with Gasteiger partial charge in [-0.25, -0.2) is 9.78 Å². The van der Waals surface area contributed by atoms with Crippen molar-refractivity contribution < 1.29 is 23.7 Å². The van der Waals surface area contributed by atoms with Crippen LogP contribution >= 0.6 is 0 Å². The van der Waals surface area contributed by atoms with Crippen molar-refractivity contribution in [2.45, 2.75) is 25.9 Å². The van der Waals surface area contributed by atoms with E-state index in [9.17, 15) is 4.79 Å². The molecular formula is C23H27N3O5. The van der Waals surface area contributed by atoms with Crippen molar-refractivity contribution in [3.63, 3.8) is 0 Å². The molecule has 0 radical (unpaired) electrons. The van der Waals surface area contributed by atoms with Gasteiger partial charge in [0, 0.05) is 36.5 Å². The molecule has 1 aromatic heterocycles. The topological polar surface area (TPSA) is 82.2 Å². The van der Waals surface area contributed by atoms with Crippen molar-refractivity contribution in [3.05, 3.63) is 40.9 Å². The number of fused-ring (bicyclic) bond motifs is 2. The standard InChI is InChI=1S/C23H27N3O5/c1-14-15(2)26-11-10-17-19(22(26)24-14)25-18(16-8-6-5-7-9-16)21(31-23(27)29-4)20(17)30-13-12-28-3/h5-10,14-15,24H,11-13H2,1-4H3. The first-order valence-electron chi connectivity index (χ1n) is 10.3. The molecule has 2 atom stereocenters. The van der Waals surface area contributed by atoms with Crippen LogP contribution in [0.15, 0.2) is 30.3 Å². The van der Waals surface area contributed by atoms with E-state index in [0.717, 1.165) is 22.0 Å². The monoisotopic (exact) mass is 425 g/mol. The summed E-state index contributed by atoms with van der Waals surface area (Å²) in [5.74, 6) is 1.64. The van der Waals surface area contributed by atoms with Crippen LogP contribution in [0.2, 0.25) is 0 Å². The number of methoxy groups -OCH3 is 2. The number of hydrogen-bond donors (Lipinski definition) is 1. The van der Waals surface area contributed by atoms with Crippen molar-refractivity contribution in [2.75, 3.05) is 34.0 Å². The van der Waals surface area contributed by atoms with Gasteiger partial charge < -0.3 is 29.2 Å². The molecule has 2 aliphatic heterocycles. The van der Waals surface area contributed by atoms with Gasteiger partial charge in [0.2, 0.25) is 5.75 Å². The zero-order chi connectivity index (χ0) is 22.0. The van der Waals surface area contributed by atoms with Crippen LogP contribution in [-0.4, -0.2) is 62.1 Å². The third kappa shape index (κ3) is 3.90. The number of ether oxygens (including phenoxy) is 4. The Labute approximate surface area is 181 Å². The molecule has 2 unspecified atom stereocenters. The Morgan fingerprint density at radius 3 is 2.65 bits per heavy atom. The zero-order valence-corrected chi connectivity index (χ0v) is 18.2. The Balaban J connectivity index is 2.00. The number of benzene rings is 1. The number of rotatable bonds is 6. The van der Waals surface area contributed by atoms with Crippen molar-refractivity contribution in [1.29, 1.82) is 0 Å². The summed E-state index contributed by atoms with van der Waals surface area (Å²) in [6, 6.07) is 10.2. The van der Waals surface area contributed by atoms with Crippen molar-refractivity contribution >= 4 is 18.1 Å². The summed E-state index contributed by atoms with van der Waals surface area (Å²) in [7, 11) is 2.88. The van der Waals surface area contributed by atoms with E-state index in [1.165, 1.54) is 7.11 Å². The van der Waals surface area contributed by atoms with Crippen molar-refractivity contribution in [1.82, 2.24) is 15.2 Å². The molecule has 4 rings (SSSR count). The van der Waals surface area contributed by atoms with Gasteiger partial charge in [0.05, 0.1) is 13.7 Å². The first-order valence-corrected chi connectivity index (χ1v) is 10.3. The zero-order valence-electron chi connectivity index (χ0n) is 18.2. The van der Waals surface area contributed by atoms with E-state index in [2.05, 4.69) is 30.1 Å². The number of hydrogen-bond acceptors (Lipinski definition) is 8. The van der Waals surface area contributed by atoms with Crippen LogP contribution in [0.1, 0.15) is 13.8 Å². The highest BCUT2D eigenvalue weighted by Crippen LogP contribution is 2.34. The number of aromatic nitrogens is 1. The number of pyridine rings is 1. The molecule has 2 aromatic rings. The summed E-state index contributed by atoms with van der Waals surface area (Å²) in [4.78, 5) is 19.3. The van der Waals surface area contributed by atoms with Crippen LogP contribution in [-0.2, 0) is 9.47 Å². The van der Waals surface area contributed by atoms with Gasteiger partial charge in [0.15, 0.2) is 5.75 Å². The summed E-state index contributed by atoms with van der Waals surface area (Å²) in [6.45, 7) is 5.73. The molecule has 1 aromatic carbocycles. The summed E-state index contributed by atoms with van der Waals surface area (Å²) >= 11 is 0. The van der Waals surface area contributed by atoms with E-state index in [1.807, 2.05) is 30.3 Å². The van der Waals surface area contributed by atoms with Crippen LogP contribution in [0.4, 0.5) is 4.79 Å². The van der Waals surface area contributed by atoms with Crippen LogP contribution in [0.3, 0.4) is 0 Å². The SMILES string of the molecule is COCCOc1c(OC(=O)OC)c(-c2ccccc2)nc2c1=CCN1C=2NC(C)C1C. The number of nitrogens with one attached hydrogen (secondary N) is 1. The predicted molar refractivity (Wildman–Crippen MR) is 116 cm³/mol. The quantitative estimate of drug-likeness (QED) is 0.550. The summed E-state index contributed by atoms with van der Waals surface area (Å²) in [5, 5.41) is 5.11. The van der Waals surface area contributed by atoms with Crippen LogP contribution in [0.5, 0.6) is 11.5 Å². The van der Waals surface area contributed by atoms with Crippen LogP contribution < -0.4 is 25.4 Å². The Hall–Kier alpha value is -3.26. The Kier molecular flexibility index (Phi) is 5.99. The molecule has 8 heteroatoms. The number of carbonyl (C=O) groups is 1. The molecule has 0 aliphatic carbocycles. The molecule has 3 heterocycles. The van der Waals surface area contributed by atoms with Gasteiger partial charge in [-0.2, -0.15) is 0 Å². The molecule has 1 fully saturated rings. The molecule has 1 saturated heterocycles. The maximum absolute atomic E-state index is 12.1. The van der Waals surface area contributed by atoms with E-state index >= 15 is 0 Å². The molecule has 0 bridgehead atoms. The third-order valence-corrected chi connectivity index (χ3v) is 5.66. The number of carbonyl (C=O) groups excluding carboxylic acids is 1. The van der Waals surface area contributed by atoms with Crippen molar-refractivity contribution in [2.24, 2.45) is 0 Å². The molecule has 2 aliphatic rings. The first-order chi connectivity index (χ1) is 15.0. The predicted octanol–water partition coefficient (Wildman–Crippen LogP) is 1.46. The van der Waals surface area contributed by atoms with Crippen LogP contribution in [0, 0.1) is 0 Å². The minimum atomic E-state index is -0.832. The van der Waals surface area contributed by atoms with E-state index in [1.54, 1.807) is 7.11 Å². The van der Waals surface area contributed by atoms with Crippen LogP contribution in [0.25, 0.3) is 23.2 Å². The largest absolute Gasteiger partial charge is 0.513 e. The molecular weight excluding hydrogens is 398 g/mol. The lowest BCUT2D eigenvalue weighted by Crippen LogP contribution is -2.44. The fourth-order valence-corrected chi connectivity index (χ4v) is 3.86. The van der Waals surface area contributed by atoms with Gasteiger partial charge in [-0.1, -0.05) is 36.4 Å². The Morgan fingerprint density at radius 2 is 1.94 bits per heavy atom. The lowest BCUT2D eigenvalue weighted by atomic mass is 10.1.